The van der Waals surface area contributed by atoms with Crippen molar-refractivity contribution in [1.82, 2.24) is 45.0 Å². The summed E-state index contributed by atoms with van der Waals surface area (Å²) in [7, 11) is 0. The second-order valence-electron chi connectivity index (χ2n) is 22.2. The maximum Gasteiger partial charge on any atom is 0.254 e. The first-order valence-corrected chi connectivity index (χ1v) is 27.7. The van der Waals surface area contributed by atoms with E-state index in [1.54, 1.807) is 24.4 Å². The Labute approximate surface area is 454 Å². The number of amides is 2. The Balaban J connectivity index is 0.604. The lowest BCUT2D eigenvalue weighted by Crippen LogP contribution is -2.48. The number of aromatic nitrogens is 6. The first kappa shape index (κ1) is 52.7. The lowest BCUT2D eigenvalue weighted by atomic mass is 9.91. The van der Waals surface area contributed by atoms with Gasteiger partial charge in [-0.3, -0.25) is 14.5 Å². The molecule has 20 heteroatoms. The molecule has 5 aliphatic rings. The SMILES string of the molecule is Cc1nccn1-c1ccc([C@H](C)NC(=O)[C@@H]2C[C@@H](O)CN2C(=O)[C@@H](c2cc(OCCN3CCC(OC4CC(Oc5cc(N6CC7CCN(c8cc(-c9ccccc9O)nnc8N)CC6C7)ccn5)C4)CC3)no2)C(C)C)cc1. The molecule has 1 saturated carbocycles. The minimum atomic E-state index is -0.836. The van der Waals surface area contributed by atoms with E-state index in [4.69, 9.17) is 24.5 Å². The van der Waals surface area contributed by atoms with Crippen LogP contribution in [-0.2, 0) is 14.3 Å². The fourth-order valence-corrected chi connectivity index (χ4v) is 12.1. The van der Waals surface area contributed by atoms with Gasteiger partial charge >= 0.3 is 0 Å². The molecule has 4 aromatic heterocycles. The van der Waals surface area contributed by atoms with E-state index in [0.717, 1.165) is 99.7 Å². The van der Waals surface area contributed by atoms with E-state index in [0.29, 0.717) is 53.7 Å². The number of carbonyl (C=O) groups excluding carboxylic acids is 2. The summed E-state index contributed by atoms with van der Waals surface area (Å²) in [6.07, 6.45) is 10.9. The largest absolute Gasteiger partial charge is 0.507 e. The number of aliphatic hydroxyl groups excluding tert-OH is 1. The number of aryl methyl sites for hydroxylation is 1. The third-order valence-electron chi connectivity index (χ3n) is 16.5. The Morgan fingerprint density at radius 3 is 2.42 bits per heavy atom. The number of nitrogens with one attached hydrogen (secondary N) is 1. The summed E-state index contributed by atoms with van der Waals surface area (Å²) >= 11 is 0. The molecule has 4 aliphatic heterocycles. The second-order valence-corrected chi connectivity index (χ2v) is 22.2. The number of phenolic OH excluding ortho intramolecular Hbond substituents is 1. The quantitative estimate of drug-likeness (QED) is 0.0723. The van der Waals surface area contributed by atoms with Crippen LogP contribution in [0.5, 0.6) is 17.5 Å². The highest BCUT2D eigenvalue weighted by Gasteiger charge is 2.44. The van der Waals surface area contributed by atoms with E-state index >= 15 is 0 Å². The number of piperidine rings is 1. The van der Waals surface area contributed by atoms with Gasteiger partial charge in [0.15, 0.2) is 11.6 Å². The van der Waals surface area contributed by atoms with Crippen LogP contribution in [-0.4, -0.2) is 151 Å². The first-order valence-electron chi connectivity index (χ1n) is 27.7. The maximum atomic E-state index is 14.3. The van der Waals surface area contributed by atoms with Gasteiger partial charge < -0.3 is 59.3 Å². The number of fused-ring (bicyclic) bond motifs is 2. The van der Waals surface area contributed by atoms with Crippen LogP contribution in [0.4, 0.5) is 17.2 Å². The average molecular weight is 1070 g/mol. The van der Waals surface area contributed by atoms with Gasteiger partial charge in [-0.15, -0.1) is 10.2 Å². The van der Waals surface area contributed by atoms with Crippen LogP contribution in [0.15, 0.2) is 95.9 Å². The Kier molecular flexibility index (Phi) is 15.5. The number of hydrogen-bond donors (Lipinski definition) is 4. The van der Waals surface area contributed by atoms with E-state index in [1.807, 2.05) is 87.1 Å². The van der Waals surface area contributed by atoms with E-state index < -0.39 is 18.1 Å². The summed E-state index contributed by atoms with van der Waals surface area (Å²) in [5.41, 5.74) is 11.5. The average Bonchev–Trinajstić information content (AvgIpc) is 4.32. The topological polar surface area (TPSA) is 236 Å². The lowest BCUT2D eigenvalue weighted by molar-refractivity contribution is -0.141. The van der Waals surface area contributed by atoms with E-state index in [2.05, 4.69) is 57.5 Å². The van der Waals surface area contributed by atoms with Gasteiger partial charge in [-0.1, -0.05) is 38.1 Å². The van der Waals surface area contributed by atoms with Crippen molar-refractivity contribution in [3.63, 3.8) is 0 Å². The standard InChI is InChI=1S/C58H72N12O8/c1-35(2)55(58(74)70-34-43(71)27-50(70)57(73)62-36(3)39-9-11-40(12-10-39)68-22-18-60-37(68)4)52-31-54(65-78-52)75-24-23-66-19-15-44(16-20-66)76-45-28-46(29-45)77-53-26-41(13-17-61-53)69-32-38-14-21-67(33-42(69)25-38)49-30-48(63-64-56(49)59)47-7-5-6-8-51(47)72/h5-13,17-18,22,26,30-31,35-36,38,42-46,50,55,71-72H,14-16,19-21,23-25,27-29,32-34H2,1-4H3,(H2,59,64)(H,62,73)/t36-,38?,42?,43+,45?,46?,50-,55+/m0/s1. The van der Waals surface area contributed by atoms with Gasteiger partial charge in [-0.2, -0.15) is 0 Å². The molecule has 20 nitrogen and oxygen atoms in total. The van der Waals surface area contributed by atoms with E-state index in [-0.39, 0.29) is 66.8 Å². The smallest absolute Gasteiger partial charge is 0.254 e. The predicted molar refractivity (Wildman–Crippen MR) is 292 cm³/mol. The number of hydrogen-bond acceptors (Lipinski definition) is 17. The molecule has 6 atom stereocenters. The summed E-state index contributed by atoms with van der Waals surface area (Å²) in [4.78, 5) is 45.6. The van der Waals surface area contributed by atoms with Crippen LogP contribution in [0.3, 0.4) is 0 Å². The number of ether oxygens (including phenoxy) is 3. The van der Waals surface area contributed by atoms with Crippen LogP contribution in [0.1, 0.15) is 94.8 Å². The second kappa shape index (κ2) is 23.0. The van der Waals surface area contributed by atoms with Crippen LogP contribution < -0.4 is 30.3 Å². The van der Waals surface area contributed by atoms with Gasteiger partial charge in [-0.05, 0) is 98.5 Å². The zero-order chi connectivity index (χ0) is 54.0. The molecule has 78 heavy (non-hydrogen) atoms. The maximum absolute atomic E-state index is 14.3. The van der Waals surface area contributed by atoms with Crippen molar-refractivity contribution in [2.75, 3.05) is 68.0 Å². The van der Waals surface area contributed by atoms with Gasteiger partial charge in [-0.25, -0.2) is 9.97 Å². The summed E-state index contributed by atoms with van der Waals surface area (Å²) in [6.45, 7) is 13.3. The molecule has 1 aliphatic carbocycles. The minimum Gasteiger partial charge on any atom is -0.507 e. The van der Waals surface area contributed by atoms with Crippen molar-refractivity contribution < 1.29 is 38.5 Å². The predicted octanol–water partition coefficient (Wildman–Crippen LogP) is 6.46. The first-order chi connectivity index (χ1) is 37.8. The molecular formula is C58H72N12O8. The number of benzene rings is 2. The zero-order valence-electron chi connectivity index (χ0n) is 44.9. The number of rotatable bonds is 18. The molecule has 8 heterocycles. The van der Waals surface area contributed by atoms with E-state index in [1.165, 1.54) is 4.90 Å². The number of anilines is 3. The molecule has 2 unspecified atom stereocenters. The summed E-state index contributed by atoms with van der Waals surface area (Å²) in [6, 6.07) is 21.9. The Morgan fingerprint density at radius 2 is 1.65 bits per heavy atom. The number of likely N-dealkylation sites (tertiary alicyclic amines) is 2. The fraction of sp³-hybridized carbons (Fsp3) is 0.500. The molecule has 6 aromatic rings. The Bertz CT molecular complexity index is 3030. The normalized spacial score (nSPS) is 23.5. The summed E-state index contributed by atoms with van der Waals surface area (Å²) in [5, 5.41) is 37.1. The molecule has 2 bridgehead atoms. The number of pyridine rings is 1. The zero-order valence-corrected chi connectivity index (χ0v) is 44.9. The number of imidazole rings is 1. The lowest BCUT2D eigenvalue weighted by Gasteiger charge is -2.39. The number of β-amino-alcohol motifs (C(OH)–C–C–N with tert-alkyl or cyclic N) is 1. The number of nitrogen functional groups attached to an aromatic ring is 1. The van der Waals surface area contributed by atoms with Crippen molar-refractivity contribution in [2.24, 2.45) is 11.8 Å². The molecule has 412 valence electrons. The highest BCUT2D eigenvalue weighted by Crippen LogP contribution is 2.40. The molecule has 11 rings (SSSR count). The van der Waals surface area contributed by atoms with Crippen LogP contribution in [0.25, 0.3) is 16.9 Å². The monoisotopic (exact) mass is 1060 g/mol. The van der Waals surface area contributed by atoms with Gasteiger partial charge in [0, 0.05) is 119 Å². The molecule has 5 fully saturated rings. The van der Waals surface area contributed by atoms with Gasteiger partial charge in [0.25, 0.3) is 5.88 Å². The minimum absolute atomic E-state index is 0.0489. The molecule has 2 aromatic carbocycles. The summed E-state index contributed by atoms with van der Waals surface area (Å²) in [5.74, 6) is 1.74. The van der Waals surface area contributed by atoms with Crippen molar-refractivity contribution in [3.05, 3.63) is 109 Å². The van der Waals surface area contributed by atoms with Crippen LogP contribution in [0.2, 0.25) is 0 Å². The number of aromatic hydroxyl groups is 1. The molecule has 0 radical (unpaired) electrons. The Morgan fingerprint density at radius 1 is 0.846 bits per heavy atom. The van der Waals surface area contributed by atoms with Gasteiger partial charge in [0.2, 0.25) is 17.7 Å². The van der Waals surface area contributed by atoms with Crippen molar-refractivity contribution in [2.45, 2.75) is 121 Å². The van der Waals surface area contributed by atoms with Crippen molar-refractivity contribution >= 4 is 29.0 Å². The molecule has 2 amide bonds. The highest BCUT2D eigenvalue weighted by molar-refractivity contribution is 5.91. The molecule has 5 N–H and O–H groups in total. The number of phenols is 1. The van der Waals surface area contributed by atoms with Crippen LogP contribution >= 0.6 is 0 Å². The number of aliphatic hydroxyl groups is 1. The van der Waals surface area contributed by atoms with Crippen LogP contribution in [0, 0.1) is 18.8 Å². The van der Waals surface area contributed by atoms with Crippen molar-refractivity contribution in [1.29, 1.82) is 0 Å². The Hall–Kier alpha value is -7.29. The molecule has 4 saturated heterocycles. The molecule has 0 spiro atoms. The number of nitrogens with two attached hydrogens (primary N) is 1. The van der Waals surface area contributed by atoms with Crippen molar-refractivity contribution in [3.8, 4) is 34.5 Å². The molecular weight excluding hydrogens is 993 g/mol. The summed E-state index contributed by atoms with van der Waals surface area (Å²) < 4.78 is 26.8. The number of carbonyl (C=O) groups is 2. The third kappa shape index (κ3) is 11.6. The fourth-order valence-electron chi connectivity index (χ4n) is 12.1. The highest BCUT2D eigenvalue weighted by atomic mass is 16.5. The number of para-hydroxylation sites is 1. The third-order valence-corrected chi connectivity index (χ3v) is 16.5. The van der Waals surface area contributed by atoms with Gasteiger partial charge in [0.1, 0.15) is 36.2 Å². The van der Waals surface area contributed by atoms with Gasteiger partial charge in [0.05, 0.1) is 35.7 Å². The number of nitrogens with zero attached hydrogens (tertiary/aromatic N) is 10. The van der Waals surface area contributed by atoms with E-state index in [9.17, 15) is 19.8 Å².